The number of amides is 1. The highest BCUT2D eigenvalue weighted by molar-refractivity contribution is 6.01. The summed E-state index contributed by atoms with van der Waals surface area (Å²) in [5.74, 6) is -2.14. The standard InChI is InChI=1S/C10H12N4O6/c1-20-10(17)6-7(14(18)19)8(9(11)16)13(12-6)4-2-3-5-15/h5H,2-4H2,1H3,(H2,11,16). The van der Waals surface area contributed by atoms with Gasteiger partial charge in [0.1, 0.15) is 6.29 Å². The van der Waals surface area contributed by atoms with Crippen LogP contribution in [0.1, 0.15) is 33.8 Å². The third-order valence-corrected chi connectivity index (χ3v) is 2.41. The molecule has 0 aliphatic carbocycles. The zero-order chi connectivity index (χ0) is 15.3. The van der Waals surface area contributed by atoms with Gasteiger partial charge in [-0.3, -0.25) is 19.6 Å². The number of ether oxygens (including phenoxy) is 1. The van der Waals surface area contributed by atoms with Crippen LogP contribution in [0.25, 0.3) is 0 Å². The zero-order valence-electron chi connectivity index (χ0n) is 10.6. The van der Waals surface area contributed by atoms with Crippen molar-refractivity contribution in [3.05, 3.63) is 21.5 Å². The number of unbranched alkanes of at least 4 members (excludes halogenated alkanes) is 1. The number of rotatable bonds is 7. The third kappa shape index (κ3) is 2.96. The van der Waals surface area contributed by atoms with E-state index in [2.05, 4.69) is 9.84 Å². The minimum Gasteiger partial charge on any atom is -0.464 e. The van der Waals surface area contributed by atoms with Crippen molar-refractivity contribution in [2.24, 2.45) is 5.73 Å². The van der Waals surface area contributed by atoms with Crippen molar-refractivity contribution in [2.75, 3.05) is 7.11 Å². The van der Waals surface area contributed by atoms with Gasteiger partial charge < -0.3 is 15.3 Å². The van der Waals surface area contributed by atoms with Crippen LogP contribution in [-0.4, -0.2) is 40.0 Å². The second kappa shape index (κ2) is 6.41. The molecule has 10 nitrogen and oxygen atoms in total. The molecule has 0 bridgehead atoms. The fourth-order valence-electron chi connectivity index (χ4n) is 1.59. The second-order valence-electron chi connectivity index (χ2n) is 3.69. The first-order valence-corrected chi connectivity index (χ1v) is 5.51. The van der Waals surface area contributed by atoms with Crippen LogP contribution in [-0.2, 0) is 16.1 Å². The highest BCUT2D eigenvalue weighted by Crippen LogP contribution is 2.24. The molecule has 1 aromatic heterocycles. The Hall–Kier alpha value is -2.78. The molecule has 0 saturated heterocycles. The Kier molecular flexibility index (Phi) is 4.89. The van der Waals surface area contributed by atoms with Crippen LogP contribution in [0.2, 0.25) is 0 Å². The van der Waals surface area contributed by atoms with Crippen LogP contribution in [0, 0.1) is 10.1 Å². The van der Waals surface area contributed by atoms with E-state index in [9.17, 15) is 24.5 Å². The van der Waals surface area contributed by atoms with E-state index < -0.39 is 33.9 Å². The minimum absolute atomic E-state index is 0.0366. The van der Waals surface area contributed by atoms with Crippen LogP contribution >= 0.6 is 0 Å². The molecule has 20 heavy (non-hydrogen) atoms. The maximum atomic E-state index is 11.4. The number of aromatic nitrogens is 2. The Bertz CT molecular complexity index is 564. The van der Waals surface area contributed by atoms with Crippen molar-refractivity contribution in [2.45, 2.75) is 19.4 Å². The summed E-state index contributed by atoms with van der Waals surface area (Å²) in [5.41, 5.74) is 3.19. The summed E-state index contributed by atoms with van der Waals surface area (Å²) in [6.45, 7) is 0.0366. The number of esters is 1. The van der Waals surface area contributed by atoms with Gasteiger partial charge in [0.25, 0.3) is 5.91 Å². The van der Waals surface area contributed by atoms with Gasteiger partial charge in [-0.05, 0) is 6.42 Å². The molecule has 0 radical (unpaired) electrons. The number of nitrogens with zero attached hydrogens (tertiary/aromatic N) is 3. The number of nitrogens with two attached hydrogens (primary N) is 1. The van der Waals surface area contributed by atoms with Gasteiger partial charge in [-0.15, -0.1) is 0 Å². The Morgan fingerprint density at radius 2 is 2.20 bits per heavy atom. The fraction of sp³-hybridized carbons (Fsp3) is 0.400. The molecule has 108 valence electrons. The van der Waals surface area contributed by atoms with Crippen molar-refractivity contribution < 1.29 is 24.0 Å². The van der Waals surface area contributed by atoms with E-state index in [-0.39, 0.29) is 13.0 Å². The molecule has 2 N–H and O–H groups in total. The number of aldehydes is 1. The van der Waals surface area contributed by atoms with Crippen molar-refractivity contribution in [3.8, 4) is 0 Å². The lowest BCUT2D eigenvalue weighted by Crippen LogP contribution is -2.19. The van der Waals surface area contributed by atoms with Crippen LogP contribution < -0.4 is 5.73 Å². The van der Waals surface area contributed by atoms with Gasteiger partial charge in [0.05, 0.1) is 12.0 Å². The Labute approximate surface area is 112 Å². The van der Waals surface area contributed by atoms with Gasteiger partial charge in [0.2, 0.25) is 11.4 Å². The Morgan fingerprint density at radius 3 is 2.65 bits per heavy atom. The normalized spacial score (nSPS) is 10.1. The van der Waals surface area contributed by atoms with E-state index in [0.29, 0.717) is 12.7 Å². The van der Waals surface area contributed by atoms with Crippen LogP contribution in [0.3, 0.4) is 0 Å². The number of aryl methyl sites for hydroxylation is 1. The lowest BCUT2D eigenvalue weighted by molar-refractivity contribution is -0.385. The summed E-state index contributed by atoms with van der Waals surface area (Å²) in [6.07, 6.45) is 1.13. The van der Waals surface area contributed by atoms with Crippen molar-refractivity contribution in [3.63, 3.8) is 0 Å². The highest BCUT2D eigenvalue weighted by Gasteiger charge is 2.35. The van der Waals surface area contributed by atoms with E-state index in [1.807, 2.05) is 0 Å². The minimum atomic E-state index is -1.09. The van der Waals surface area contributed by atoms with E-state index in [1.54, 1.807) is 0 Å². The SMILES string of the molecule is COC(=O)c1nn(CCCC=O)c(C(N)=O)c1[N+](=O)[O-]. The summed E-state index contributed by atoms with van der Waals surface area (Å²) in [7, 11) is 1.03. The number of carbonyl (C=O) groups excluding carboxylic acids is 3. The third-order valence-electron chi connectivity index (χ3n) is 2.41. The molecule has 1 heterocycles. The van der Waals surface area contributed by atoms with Gasteiger partial charge in [-0.2, -0.15) is 5.10 Å². The first-order valence-electron chi connectivity index (χ1n) is 5.51. The number of primary amides is 1. The quantitative estimate of drug-likeness (QED) is 0.236. The maximum absolute atomic E-state index is 11.4. The lowest BCUT2D eigenvalue weighted by atomic mass is 10.2. The number of nitro groups is 1. The molecular weight excluding hydrogens is 272 g/mol. The van der Waals surface area contributed by atoms with Crippen molar-refractivity contribution in [1.82, 2.24) is 9.78 Å². The molecule has 0 atom stereocenters. The highest BCUT2D eigenvalue weighted by atomic mass is 16.6. The molecule has 0 saturated carbocycles. The van der Waals surface area contributed by atoms with Gasteiger partial charge >= 0.3 is 11.7 Å². The zero-order valence-corrected chi connectivity index (χ0v) is 10.6. The maximum Gasteiger partial charge on any atom is 0.365 e. The first kappa shape index (κ1) is 15.3. The van der Waals surface area contributed by atoms with Crippen molar-refractivity contribution in [1.29, 1.82) is 0 Å². The molecule has 1 rings (SSSR count). The molecule has 1 amide bonds. The molecule has 0 fully saturated rings. The van der Waals surface area contributed by atoms with Crippen LogP contribution in [0.15, 0.2) is 0 Å². The van der Waals surface area contributed by atoms with Gasteiger partial charge in [-0.1, -0.05) is 0 Å². The molecule has 10 heteroatoms. The predicted octanol–water partition coefficient (Wildman–Crippen LogP) is -0.344. The molecule has 0 aromatic carbocycles. The molecule has 0 aliphatic heterocycles. The topological polar surface area (TPSA) is 147 Å². The first-order chi connectivity index (χ1) is 9.43. The molecule has 0 unspecified atom stereocenters. The summed E-state index contributed by atoms with van der Waals surface area (Å²) in [4.78, 5) is 43.1. The van der Waals surface area contributed by atoms with Crippen LogP contribution in [0.5, 0.6) is 0 Å². The molecule has 0 aliphatic rings. The summed E-state index contributed by atoms with van der Waals surface area (Å²) >= 11 is 0. The molecular formula is C10H12N4O6. The Morgan fingerprint density at radius 1 is 1.55 bits per heavy atom. The number of hydrogen-bond donors (Lipinski definition) is 1. The number of hydrogen-bond acceptors (Lipinski definition) is 7. The smallest absolute Gasteiger partial charge is 0.365 e. The van der Waals surface area contributed by atoms with E-state index in [4.69, 9.17) is 5.73 Å². The van der Waals surface area contributed by atoms with Crippen molar-refractivity contribution >= 4 is 23.9 Å². The molecule has 0 spiro atoms. The Balaban J connectivity index is 3.36. The average molecular weight is 284 g/mol. The van der Waals surface area contributed by atoms with Gasteiger partial charge in [0.15, 0.2) is 0 Å². The second-order valence-corrected chi connectivity index (χ2v) is 3.69. The largest absolute Gasteiger partial charge is 0.464 e. The van der Waals surface area contributed by atoms with Gasteiger partial charge in [-0.25, -0.2) is 4.79 Å². The summed E-state index contributed by atoms with van der Waals surface area (Å²) in [5, 5.41) is 14.7. The van der Waals surface area contributed by atoms with E-state index in [1.165, 1.54) is 0 Å². The average Bonchev–Trinajstić information content (AvgIpc) is 2.78. The summed E-state index contributed by atoms with van der Waals surface area (Å²) < 4.78 is 5.31. The van der Waals surface area contributed by atoms with E-state index in [0.717, 1.165) is 11.8 Å². The van der Waals surface area contributed by atoms with E-state index >= 15 is 0 Å². The fourth-order valence-corrected chi connectivity index (χ4v) is 1.59. The summed E-state index contributed by atoms with van der Waals surface area (Å²) in [6, 6.07) is 0. The number of carbonyl (C=O) groups is 3. The van der Waals surface area contributed by atoms with Gasteiger partial charge in [0, 0.05) is 13.0 Å². The predicted molar refractivity (Wildman–Crippen MR) is 64.0 cm³/mol. The van der Waals surface area contributed by atoms with Crippen LogP contribution in [0.4, 0.5) is 5.69 Å². The molecule has 1 aromatic rings. The lowest BCUT2D eigenvalue weighted by Gasteiger charge is -2.01. The monoisotopic (exact) mass is 284 g/mol. The number of methoxy groups -OCH3 is 1.